The summed E-state index contributed by atoms with van der Waals surface area (Å²) in [6.45, 7) is 1.73. The van der Waals surface area contributed by atoms with Gasteiger partial charge in [0.1, 0.15) is 17.6 Å². The Morgan fingerprint density at radius 2 is 1.68 bits per heavy atom. The van der Waals surface area contributed by atoms with Crippen molar-refractivity contribution < 1.29 is 9.47 Å². The summed E-state index contributed by atoms with van der Waals surface area (Å²) in [5.41, 5.74) is -0.193. The maximum atomic E-state index is 9.20. The summed E-state index contributed by atoms with van der Waals surface area (Å²) in [4.78, 5) is 0. The van der Waals surface area contributed by atoms with E-state index in [1.807, 2.05) is 54.6 Å². The molecule has 0 saturated carbocycles. The zero-order valence-electron chi connectivity index (χ0n) is 11.0. The molecule has 0 amide bonds. The Bertz CT molecular complexity index is 589. The topological polar surface area (TPSA) is 42.2 Å². The smallest absolute Gasteiger partial charge is 0.176 e. The minimum atomic E-state index is -0.962. The standard InChI is InChI=1S/C16H15NO2/c1-16(12-17,18-2)13-7-6-10-15(11-13)19-14-8-4-3-5-9-14/h3-11H,1-2H3. The minimum absolute atomic E-state index is 0.683. The SMILES string of the molecule is COC(C)(C#N)c1cccc(Oc2ccccc2)c1. The number of para-hydroxylation sites is 1. The van der Waals surface area contributed by atoms with Crippen LogP contribution in [0.4, 0.5) is 0 Å². The number of hydrogen-bond donors (Lipinski definition) is 0. The molecule has 2 aromatic rings. The average Bonchev–Trinajstić information content (AvgIpc) is 2.48. The van der Waals surface area contributed by atoms with Gasteiger partial charge in [0, 0.05) is 12.7 Å². The number of benzene rings is 2. The van der Waals surface area contributed by atoms with Gasteiger partial charge < -0.3 is 9.47 Å². The quantitative estimate of drug-likeness (QED) is 0.830. The van der Waals surface area contributed by atoms with E-state index >= 15 is 0 Å². The van der Waals surface area contributed by atoms with Crippen molar-refractivity contribution in [3.63, 3.8) is 0 Å². The van der Waals surface area contributed by atoms with Gasteiger partial charge in [-0.1, -0.05) is 30.3 Å². The molecule has 0 radical (unpaired) electrons. The van der Waals surface area contributed by atoms with Gasteiger partial charge in [-0.25, -0.2) is 0 Å². The van der Waals surface area contributed by atoms with Gasteiger partial charge in [0.25, 0.3) is 0 Å². The van der Waals surface area contributed by atoms with E-state index in [1.165, 1.54) is 7.11 Å². The molecular weight excluding hydrogens is 238 g/mol. The van der Waals surface area contributed by atoms with Crippen LogP contribution in [0, 0.1) is 11.3 Å². The molecule has 0 aliphatic heterocycles. The number of methoxy groups -OCH3 is 1. The Morgan fingerprint density at radius 3 is 2.32 bits per heavy atom. The summed E-state index contributed by atoms with van der Waals surface area (Å²) in [7, 11) is 1.52. The van der Waals surface area contributed by atoms with Crippen LogP contribution in [0.25, 0.3) is 0 Å². The zero-order chi connectivity index (χ0) is 13.7. The summed E-state index contributed by atoms with van der Waals surface area (Å²) in [5, 5.41) is 9.20. The van der Waals surface area contributed by atoms with Gasteiger partial charge in [-0.3, -0.25) is 0 Å². The van der Waals surface area contributed by atoms with Crippen molar-refractivity contribution in [3.8, 4) is 17.6 Å². The molecule has 2 aromatic carbocycles. The van der Waals surface area contributed by atoms with Crippen LogP contribution in [-0.4, -0.2) is 7.11 Å². The van der Waals surface area contributed by atoms with Crippen molar-refractivity contribution in [3.05, 3.63) is 60.2 Å². The fourth-order valence-electron chi connectivity index (χ4n) is 1.71. The Morgan fingerprint density at radius 1 is 1.00 bits per heavy atom. The maximum Gasteiger partial charge on any atom is 0.176 e. The fourth-order valence-corrected chi connectivity index (χ4v) is 1.71. The summed E-state index contributed by atoms with van der Waals surface area (Å²) in [6, 6.07) is 19.0. The highest BCUT2D eigenvalue weighted by Gasteiger charge is 2.25. The Balaban J connectivity index is 2.28. The van der Waals surface area contributed by atoms with E-state index in [-0.39, 0.29) is 0 Å². The summed E-state index contributed by atoms with van der Waals surface area (Å²) >= 11 is 0. The van der Waals surface area contributed by atoms with Crippen molar-refractivity contribution in [2.75, 3.05) is 7.11 Å². The third kappa shape index (κ3) is 2.93. The molecule has 3 nitrogen and oxygen atoms in total. The molecule has 3 heteroatoms. The first-order valence-electron chi connectivity index (χ1n) is 5.98. The van der Waals surface area contributed by atoms with E-state index < -0.39 is 5.60 Å². The first-order chi connectivity index (χ1) is 9.18. The molecule has 1 unspecified atom stereocenters. The van der Waals surface area contributed by atoms with Crippen LogP contribution in [0.2, 0.25) is 0 Å². The highest BCUT2D eigenvalue weighted by atomic mass is 16.5. The van der Waals surface area contributed by atoms with E-state index in [9.17, 15) is 5.26 Å². The lowest BCUT2D eigenvalue weighted by atomic mass is 9.97. The Labute approximate surface area is 113 Å². The lowest BCUT2D eigenvalue weighted by Crippen LogP contribution is -2.21. The predicted molar refractivity (Wildman–Crippen MR) is 72.9 cm³/mol. The van der Waals surface area contributed by atoms with Crippen molar-refractivity contribution in [2.24, 2.45) is 0 Å². The Hall–Kier alpha value is -2.31. The van der Waals surface area contributed by atoms with E-state index in [0.717, 1.165) is 11.3 Å². The number of hydrogen-bond acceptors (Lipinski definition) is 3. The number of nitriles is 1. The first kappa shape index (κ1) is 13.1. The van der Waals surface area contributed by atoms with Crippen LogP contribution < -0.4 is 4.74 Å². The van der Waals surface area contributed by atoms with Gasteiger partial charge in [0.05, 0.1) is 0 Å². The molecule has 1 atom stereocenters. The lowest BCUT2D eigenvalue weighted by Gasteiger charge is -2.20. The normalized spacial score (nSPS) is 13.3. The van der Waals surface area contributed by atoms with Gasteiger partial charge in [-0.05, 0) is 31.2 Å². The highest BCUT2D eigenvalue weighted by molar-refractivity contribution is 5.38. The van der Waals surface area contributed by atoms with Crippen LogP contribution in [0.15, 0.2) is 54.6 Å². The van der Waals surface area contributed by atoms with E-state index in [1.54, 1.807) is 6.92 Å². The molecule has 0 aliphatic carbocycles. The monoisotopic (exact) mass is 253 g/mol. The van der Waals surface area contributed by atoms with E-state index in [0.29, 0.717) is 5.75 Å². The summed E-state index contributed by atoms with van der Waals surface area (Å²) in [5.74, 6) is 1.44. The maximum absolute atomic E-state index is 9.20. The molecule has 0 aliphatic rings. The molecule has 0 heterocycles. The molecule has 0 saturated heterocycles. The van der Waals surface area contributed by atoms with Crippen LogP contribution in [0.3, 0.4) is 0 Å². The highest BCUT2D eigenvalue weighted by Crippen LogP contribution is 2.29. The third-order valence-corrected chi connectivity index (χ3v) is 2.99. The molecule has 96 valence electrons. The van der Waals surface area contributed by atoms with Gasteiger partial charge in [-0.15, -0.1) is 0 Å². The first-order valence-corrected chi connectivity index (χ1v) is 5.98. The molecule has 2 rings (SSSR count). The van der Waals surface area contributed by atoms with Crippen molar-refractivity contribution >= 4 is 0 Å². The molecule has 0 aromatic heterocycles. The largest absolute Gasteiger partial charge is 0.457 e. The van der Waals surface area contributed by atoms with Crippen molar-refractivity contribution in [1.29, 1.82) is 5.26 Å². The summed E-state index contributed by atoms with van der Waals surface area (Å²) < 4.78 is 11.0. The lowest BCUT2D eigenvalue weighted by molar-refractivity contribution is 0.0531. The predicted octanol–water partition coefficient (Wildman–Crippen LogP) is 3.86. The molecule has 0 fully saturated rings. The van der Waals surface area contributed by atoms with Crippen LogP contribution in [0.1, 0.15) is 12.5 Å². The van der Waals surface area contributed by atoms with Gasteiger partial charge in [0.2, 0.25) is 0 Å². The van der Waals surface area contributed by atoms with E-state index in [2.05, 4.69) is 6.07 Å². The average molecular weight is 253 g/mol. The second-order valence-corrected chi connectivity index (χ2v) is 4.29. The molecule has 0 bridgehead atoms. The van der Waals surface area contributed by atoms with Crippen molar-refractivity contribution in [2.45, 2.75) is 12.5 Å². The molecular formula is C16H15NO2. The van der Waals surface area contributed by atoms with Crippen LogP contribution >= 0.6 is 0 Å². The van der Waals surface area contributed by atoms with Crippen LogP contribution in [0.5, 0.6) is 11.5 Å². The van der Waals surface area contributed by atoms with Gasteiger partial charge in [0.15, 0.2) is 5.60 Å². The van der Waals surface area contributed by atoms with Gasteiger partial charge >= 0.3 is 0 Å². The second kappa shape index (κ2) is 5.55. The second-order valence-electron chi connectivity index (χ2n) is 4.29. The third-order valence-electron chi connectivity index (χ3n) is 2.99. The number of ether oxygens (including phenoxy) is 2. The number of nitrogens with zero attached hydrogens (tertiary/aromatic N) is 1. The Kier molecular flexibility index (Phi) is 3.84. The van der Waals surface area contributed by atoms with Crippen molar-refractivity contribution in [1.82, 2.24) is 0 Å². The molecule has 19 heavy (non-hydrogen) atoms. The summed E-state index contributed by atoms with van der Waals surface area (Å²) in [6.07, 6.45) is 0. The minimum Gasteiger partial charge on any atom is -0.457 e. The zero-order valence-corrected chi connectivity index (χ0v) is 11.0. The van der Waals surface area contributed by atoms with E-state index in [4.69, 9.17) is 9.47 Å². The molecule has 0 N–H and O–H groups in total. The van der Waals surface area contributed by atoms with Crippen LogP contribution in [-0.2, 0) is 10.3 Å². The molecule has 0 spiro atoms. The fraction of sp³-hybridized carbons (Fsp3) is 0.188. The number of rotatable bonds is 4. The van der Waals surface area contributed by atoms with Gasteiger partial charge in [-0.2, -0.15) is 5.26 Å².